The lowest BCUT2D eigenvalue weighted by Gasteiger charge is -2.45. The summed E-state index contributed by atoms with van der Waals surface area (Å²) in [5.41, 5.74) is -0.975. The van der Waals surface area contributed by atoms with E-state index in [0.717, 1.165) is 32.4 Å². The molecule has 116 valence electrons. The van der Waals surface area contributed by atoms with E-state index in [9.17, 15) is 14.4 Å². The van der Waals surface area contributed by atoms with Gasteiger partial charge in [-0.3, -0.25) is 19.8 Å². The predicted molar refractivity (Wildman–Crippen MR) is 76.4 cm³/mol. The van der Waals surface area contributed by atoms with Crippen LogP contribution in [-0.4, -0.2) is 53.8 Å². The normalized spacial score (nSPS) is 33.6. The summed E-state index contributed by atoms with van der Waals surface area (Å²) in [5, 5.41) is 2.44. The minimum atomic E-state index is -0.975. The Bertz CT molecular complexity index is 485. The molecule has 0 bridgehead atoms. The van der Waals surface area contributed by atoms with Crippen LogP contribution in [0.15, 0.2) is 0 Å². The van der Waals surface area contributed by atoms with Gasteiger partial charge in [0.1, 0.15) is 5.41 Å². The molecule has 0 radical (unpaired) electrons. The zero-order chi connectivity index (χ0) is 15.2. The maximum Gasteiger partial charge on any atom is 0.331 e. The van der Waals surface area contributed by atoms with Crippen LogP contribution in [0.2, 0.25) is 0 Å². The van der Waals surface area contributed by atoms with E-state index < -0.39 is 11.4 Å². The molecule has 0 aromatic rings. The van der Waals surface area contributed by atoms with Crippen LogP contribution >= 0.6 is 0 Å². The quantitative estimate of drug-likeness (QED) is 0.731. The van der Waals surface area contributed by atoms with E-state index in [-0.39, 0.29) is 23.8 Å². The van der Waals surface area contributed by atoms with Crippen molar-refractivity contribution in [2.45, 2.75) is 45.1 Å². The monoisotopic (exact) mass is 293 g/mol. The van der Waals surface area contributed by atoms with Crippen LogP contribution in [0.4, 0.5) is 4.79 Å². The number of carbonyl (C=O) groups excluding carboxylic acids is 3. The lowest BCUT2D eigenvalue weighted by Crippen LogP contribution is -2.67. The van der Waals surface area contributed by atoms with Gasteiger partial charge in [0.15, 0.2) is 0 Å². The van der Waals surface area contributed by atoms with Crippen LogP contribution in [0.1, 0.15) is 39.0 Å². The van der Waals surface area contributed by atoms with Crippen molar-refractivity contribution >= 4 is 17.8 Å². The zero-order valence-electron chi connectivity index (χ0n) is 12.7. The maximum absolute atomic E-state index is 12.9. The number of carbonyl (C=O) groups is 3. The van der Waals surface area contributed by atoms with Crippen molar-refractivity contribution < 1.29 is 14.4 Å². The van der Waals surface area contributed by atoms with Crippen molar-refractivity contribution in [1.29, 1.82) is 0 Å². The van der Waals surface area contributed by atoms with Crippen molar-refractivity contribution in [2.24, 2.45) is 11.3 Å². The molecule has 2 atom stereocenters. The van der Waals surface area contributed by atoms with Crippen LogP contribution < -0.4 is 5.32 Å². The molecule has 6 nitrogen and oxygen atoms in total. The van der Waals surface area contributed by atoms with Crippen molar-refractivity contribution in [3.8, 4) is 0 Å². The number of hydrogen-bond donors (Lipinski definition) is 1. The number of piperidine rings is 1. The summed E-state index contributed by atoms with van der Waals surface area (Å²) in [6.07, 6.45) is 3.68. The van der Waals surface area contributed by atoms with Gasteiger partial charge in [-0.25, -0.2) is 4.79 Å². The molecular formula is C15H23N3O3. The fourth-order valence-corrected chi connectivity index (χ4v) is 4.14. The Hall–Kier alpha value is -1.43. The van der Waals surface area contributed by atoms with Crippen LogP contribution in [0.3, 0.4) is 0 Å². The van der Waals surface area contributed by atoms with Gasteiger partial charge in [-0.05, 0) is 38.8 Å². The summed E-state index contributed by atoms with van der Waals surface area (Å²) in [4.78, 5) is 41.0. The van der Waals surface area contributed by atoms with Gasteiger partial charge in [0.25, 0.3) is 0 Å². The minimum absolute atomic E-state index is 0.0979. The van der Waals surface area contributed by atoms with Crippen molar-refractivity contribution in [3.05, 3.63) is 0 Å². The fraction of sp³-hybridized carbons (Fsp3) is 0.800. The highest BCUT2D eigenvalue weighted by Crippen LogP contribution is 2.43. The van der Waals surface area contributed by atoms with Crippen molar-refractivity contribution in [1.82, 2.24) is 15.1 Å². The average molecular weight is 293 g/mol. The summed E-state index contributed by atoms with van der Waals surface area (Å²) < 4.78 is 0. The van der Waals surface area contributed by atoms with Crippen LogP contribution in [0.5, 0.6) is 0 Å². The highest BCUT2D eigenvalue weighted by Gasteiger charge is 2.56. The Kier molecular flexibility index (Phi) is 3.51. The summed E-state index contributed by atoms with van der Waals surface area (Å²) in [6.45, 7) is 3.80. The van der Waals surface area contributed by atoms with Gasteiger partial charge in [0.05, 0.1) is 0 Å². The molecule has 4 amide bonds. The summed E-state index contributed by atoms with van der Waals surface area (Å²) >= 11 is 0. The summed E-state index contributed by atoms with van der Waals surface area (Å²) in [7, 11) is 2.05. The van der Waals surface area contributed by atoms with Gasteiger partial charge in [0, 0.05) is 12.6 Å². The third kappa shape index (κ3) is 2.16. The van der Waals surface area contributed by atoms with Crippen molar-refractivity contribution in [2.75, 3.05) is 20.1 Å². The molecule has 6 heteroatoms. The molecule has 2 saturated heterocycles. The lowest BCUT2D eigenvalue weighted by molar-refractivity contribution is -0.154. The molecule has 3 aliphatic rings. The number of nitrogens with zero attached hydrogens (tertiary/aromatic N) is 2. The van der Waals surface area contributed by atoms with E-state index in [2.05, 4.69) is 17.1 Å². The SMILES string of the molecule is CC1CN(C)CCC1N1C(=O)NC(=O)C2(CCCC2)C1=O. The van der Waals surface area contributed by atoms with E-state index in [1.807, 2.05) is 7.05 Å². The standard InChI is InChI=1S/C15H23N3O3/c1-10-9-17(2)8-5-11(10)18-13(20)15(6-3-4-7-15)12(19)16-14(18)21/h10-11H,3-9H2,1-2H3,(H,16,19,21). The topological polar surface area (TPSA) is 69.7 Å². The molecule has 3 rings (SSSR count). The van der Waals surface area contributed by atoms with E-state index in [1.54, 1.807) is 0 Å². The number of hydrogen-bond acceptors (Lipinski definition) is 4. The van der Waals surface area contributed by atoms with E-state index >= 15 is 0 Å². The van der Waals surface area contributed by atoms with Gasteiger partial charge in [-0.15, -0.1) is 0 Å². The Morgan fingerprint density at radius 1 is 1.19 bits per heavy atom. The number of urea groups is 1. The number of likely N-dealkylation sites (tertiary alicyclic amines) is 1. The summed E-state index contributed by atoms with van der Waals surface area (Å²) in [5.74, 6) is -0.410. The largest absolute Gasteiger partial charge is 0.331 e. The molecule has 2 unspecified atom stereocenters. The highest BCUT2D eigenvalue weighted by atomic mass is 16.2. The lowest BCUT2D eigenvalue weighted by atomic mass is 9.80. The molecule has 1 aliphatic carbocycles. The second kappa shape index (κ2) is 5.09. The predicted octanol–water partition coefficient (Wildman–Crippen LogP) is 0.965. The minimum Gasteiger partial charge on any atom is -0.306 e. The molecule has 2 heterocycles. The maximum atomic E-state index is 12.9. The second-order valence-corrected chi connectivity index (χ2v) is 6.82. The molecule has 1 spiro atoms. The number of amides is 4. The molecule has 1 saturated carbocycles. The molecule has 0 aromatic heterocycles. The highest BCUT2D eigenvalue weighted by molar-refractivity contribution is 6.19. The van der Waals surface area contributed by atoms with E-state index in [4.69, 9.17) is 0 Å². The molecule has 2 aliphatic heterocycles. The van der Waals surface area contributed by atoms with Gasteiger partial charge in [-0.2, -0.15) is 0 Å². The Balaban J connectivity index is 1.88. The summed E-state index contributed by atoms with van der Waals surface area (Å²) in [6, 6.07) is -0.622. The van der Waals surface area contributed by atoms with Crippen molar-refractivity contribution in [3.63, 3.8) is 0 Å². The van der Waals surface area contributed by atoms with E-state index in [1.165, 1.54) is 4.90 Å². The smallest absolute Gasteiger partial charge is 0.306 e. The fourth-order valence-electron chi connectivity index (χ4n) is 4.14. The molecule has 21 heavy (non-hydrogen) atoms. The van der Waals surface area contributed by atoms with E-state index in [0.29, 0.717) is 12.8 Å². The first-order chi connectivity index (χ1) is 9.95. The first-order valence-electron chi connectivity index (χ1n) is 7.83. The first kappa shape index (κ1) is 14.5. The van der Waals surface area contributed by atoms with Gasteiger partial charge >= 0.3 is 6.03 Å². The molecule has 3 fully saturated rings. The zero-order valence-corrected chi connectivity index (χ0v) is 12.7. The second-order valence-electron chi connectivity index (χ2n) is 6.82. The molecular weight excluding hydrogens is 270 g/mol. The average Bonchev–Trinajstić information content (AvgIpc) is 2.90. The van der Waals surface area contributed by atoms with Crippen LogP contribution in [0.25, 0.3) is 0 Å². The number of imide groups is 2. The van der Waals surface area contributed by atoms with Gasteiger partial charge in [0.2, 0.25) is 11.8 Å². The Morgan fingerprint density at radius 3 is 2.48 bits per heavy atom. The molecule has 1 N–H and O–H groups in total. The Morgan fingerprint density at radius 2 is 1.86 bits per heavy atom. The van der Waals surface area contributed by atoms with Crippen LogP contribution in [-0.2, 0) is 9.59 Å². The van der Waals surface area contributed by atoms with Crippen LogP contribution in [0, 0.1) is 11.3 Å². The molecule has 0 aromatic carbocycles. The number of nitrogens with one attached hydrogen (secondary N) is 1. The number of barbiturate groups is 1. The van der Waals surface area contributed by atoms with Gasteiger partial charge < -0.3 is 4.90 Å². The Labute approximate surface area is 124 Å². The number of rotatable bonds is 1. The third-order valence-corrected chi connectivity index (χ3v) is 5.35. The third-order valence-electron chi connectivity index (χ3n) is 5.35. The van der Waals surface area contributed by atoms with Gasteiger partial charge in [-0.1, -0.05) is 19.8 Å². The first-order valence-corrected chi connectivity index (χ1v) is 7.83.